The molecule has 0 atom stereocenters. The first-order valence-electron chi connectivity index (χ1n) is 5.92. The van der Waals surface area contributed by atoms with Crippen molar-refractivity contribution in [1.82, 2.24) is 20.2 Å². The molecule has 0 aliphatic carbocycles. The topological polar surface area (TPSA) is 74.4 Å². The second-order valence-corrected chi connectivity index (χ2v) is 4.17. The molecule has 0 bridgehead atoms. The number of fused-ring (bicyclic) bond motifs is 1. The third-order valence-corrected chi connectivity index (χ3v) is 2.95. The highest BCUT2D eigenvalue weighted by Gasteiger charge is 2.11. The number of halogens is 1. The highest BCUT2D eigenvalue weighted by molar-refractivity contribution is 5.78. The number of rotatable bonds is 2. The SMILES string of the molecule is CCc1[nH]nc2c(=O)[nH]c(-c3ccc(F)cc3)nc12. The van der Waals surface area contributed by atoms with Gasteiger partial charge in [-0.1, -0.05) is 6.92 Å². The van der Waals surface area contributed by atoms with Crippen LogP contribution in [0.2, 0.25) is 0 Å². The highest BCUT2D eigenvalue weighted by atomic mass is 19.1. The molecule has 0 amide bonds. The Bertz CT molecular complexity index is 789. The summed E-state index contributed by atoms with van der Waals surface area (Å²) in [5.74, 6) is 0.0818. The van der Waals surface area contributed by atoms with E-state index in [1.165, 1.54) is 12.1 Å². The van der Waals surface area contributed by atoms with Crippen LogP contribution >= 0.6 is 0 Å². The number of benzene rings is 1. The quantitative estimate of drug-likeness (QED) is 0.738. The summed E-state index contributed by atoms with van der Waals surface area (Å²) < 4.78 is 12.9. The maximum absolute atomic E-state index is 12.9. The van der Waals surface area contributed by atoms with Gasteiger partial charge < -0.3 is 4.98 Å². The third kappa shape index (κ3) is 1.91. The van der Waals surface area contributed by atoms with Crippen molar-refractivity contribution in [1.29, 1.82) is 0 Å². The van der Waals surface area contributed by atoms with Crippen molar-refractivity contribution >= 4 is 11.0 Å². The van der Waals surface area contributed by atoms with Gasteiger partial charge in [0.1, 0.15) is 17.2 Å². The van der Waals surface area contributed by atoms with Gasteiger partial charge in [-0.25, -0.2) is 9.37 Å². The van der Waals surface area contributed by atoms with Crippen LogP contribution < -0.4 is 5.56 Å². The summed E-state index contributed by atoms with van der Waals surface area (Å²) in [4.78, 5) is 19.0. The van der Waals surface area contributed by atoms with Gasteiger partial charge in [-0.05, 0) is 30.7 Å². The minimum absolute atomic E-state index is 0.294. The molecule has 0 aliphatic heterocycles. The standard InChI is InChI=1S/C13H11FN4O/c1-2-9-10-11(18-17-9)13(19)16-12(15-10)7-3-5-8(14)6-4-7/h3-6H,2H2,1H3,(H,17,18)(H,15,16,19). The monoisotopic (exact) mass is 258 g/mol. The molecule has 5 nitrogen and oxygen atoms in total. The Morgan fingerprint density at radius 1 is 1.21 bits per heavy atom. The summed E-state index contributed by atoms with van der Waals surface area (Å²) in [6.07, 6.45) is 0.704. The fourth-order valence-corrected chi connectivity index (χ4v) is 1.95. The Kier molecular flexibility index (Phi) is 2.63. The molecule has 6 heteroatoms. The second kappa shape index (κ2) is 4.31. The van der Waals surface area contributed by atoms with Crippen LogP contribution in [0.5, 0.6) is 0 Å². The zero-order valence-electron chi connectivity index (χ0n) is 10.2. The number of aryl methyl sites for hydroxylation is 1. The van der Waals surface area contributed by atoms with Gasteiger partial charge in [-0.15, -0.1) is 0 Å². The van der Waals surface area contributed by atoms with E-state index in [0.717, 1.165) is 5.69 Å². The van der Waals surface area contributed by atoms with Crippen LogP contribution in [-0.4, -0.2) is 20.2 Å². The number of aromatic nitrogens is 4. The van der Waals surface area contributed by atoms with Crippen molar-refractivity contribution in [3.05, 3.63) is 46.1 Å². The molecule has 3 aromatic rings. The van der Waals surface area contributed by atoms with E-state index >= 15 is 0 Å². The third-order valence-electron chi connectivity index (χ3n) is 2.95. The van der Waals surface area contributed by atoms with Crippen LogP contribution in [0.4, 0.5) is 4.39 Å². The summed E-state index contributed by atoms with van der Waals surface area (Å²) in [5.41, 5.74) is 2.02. The minimum Gasteiger partial charge on any atom is -0.305 e. The van der Waals surface area contributed by atoms with Crippen LogP contribution in [0.3, 0.4) is 0 Å². The van der Waals surface area contributed by atoms with Crippen molar-refractivity contribution < 1.29 is 4.39 Å². The maximum atomic E-state index is 12.9. The van der Waals surface area contributed by atoms with E-state index < -0.39 is 0 Å². The molecule has 2 aromatic heterocycles. The number of aromatic amines is 2. The Hall–Kier alpha value is -2.50. The van der Waals surface area contributed by atoms with Crippen molar-refractivity contribution in [2.45, 2.75) is 13.3 Å². The molecular formula is C13H11FN4O. The van der Waals surface area contributed by atoms with Gasteiger partial charge in [0, 0.05) is 5.56 Å². The zero-order valence-corrected chi connectivity index (χ0v) is 10.2. The molecule has 0 radical (unpaired) electrons. The van der Waals surface area contributed by atoms with Crippen LogP contribution in [0.25, 0.3) is 22.4 Å². The van der Waals surface area contributed by atoms with Crippen LogP contribution in [0.15, 0.2) is 29.1 Å². The van der Waals surface area contributed by atoms with Crippen molar-refractivity contribution in [2.75, 3.05) is 0 Å². The van der Waals surface area contributed by atoms with E-state index in [-0.39, 0.29) is 11.4 Å². The first-order valence-corrected chi connectivity index (χ1v) is 5.92. The van der Waals surface area contributed by atoms with E-state index in [1.54, 1.807) is 12.1 Å². The van der Waals surface area contributed by atoms with Gasteiger partial charge in [0.05, 0.1) is 5.69 Å². The second-order valence-electron chi connectivity index (χ2n) is 4.17. The number of hydrogen-bond donors (Lipinski definition) is 2. The fraction of sp³-hybridized carbons (Fsp3) is 0.154. The van der Waals surface area contributed by atoms with Crippen molar-refractivity contribution in [3.63, 3.8) is 0 Å². The summed E-state index contributed by atoms with van der Waals surface area (Å²) in [7, 11) is 0. The molecule has 0 unspecified atom stereocenters. The summed E-state index contributed by atoms with van der Waals surface area (Å²) in [5, 5.41) is 6.75. The molecule has 3 rings (SSSR count). The lowest BCUT2D eigenvalue weighted by atomic mass is 10.2. The Labute approximate surface area is 107 Å². The Morgan fingerprint density at radius 2 is 1.95 bits per heavy atom. The van der Waals surface area contributed by atoms with Crippen molar-refractivity contribution in [2.24, 2.45) is 0 Å². The normalized spacial score (nSPS) is 11.1. The van der Waals surface area contributed by atoms with Gasteiger partial charge in [0.2, 0.25) is 0 Å². The summed E-state index contributed by atoms with van der Waals surface area (Å²) >= 11 is 0. The highest BCUT2D eigenvalue weighted by Crippen LogP contribution is 2.17. The van der Waals surface area contributed by atoms with Crippen LogP contribution in [-0.2, 0) is 6.42 Å². The number of nitrogens with zero attached hydrogens (tertiary/aromatic N) is 2. The average molecular weight is 258 g/mol. The van der Waals surface area contributed by atoms with Crippen LogP contribution in [0.1, 0.15) is 12.6 Å². The lowest BCUT2D eigenvalue weighted by Gasteiger charge is -2.01. The predicted octanol–water partition coefficient (Wildman–Crippen LogP) is 2.01. The molecule has 2 N–H and O–H groups in total. The van der Waals surface area contributed by atoms with E-state index in [9.17, 15) is 9.18 Å². The maximum Gasteiger partial charge on any atom is 0.279 e. The molecule has 19 heavy (non-hydrogen) atoms. The van der Waals surface area contributed by atoms with Gasteiger partial charge in [0.15, 0.2) is 5.52 Å². The molecule has 0 fully saturated rings. The fourth-order valence-electron chi connectivity index (χ4n) is 1.95. The van der Waals surface area contributed by atoms with Gasteiger partial charge in [-0.2, -0.15) is 5.10 Å². The molecule has 1 aromatic carbocycles. The first kappa shape index (κ1) is 11.6. The van der Waals surface area contributed by atoms with Gasteiger partial charge >= 0.3 is 0 Å². The summed E-state index contributed by atoms with van der Waals surface area (Å²) in [6.45, 7) is 1.95. The molecule has 0 saturated carbocycles. The first-order chi connectivity index (χ1) is 9.19. The Morgan fingerprint density at radius 3 is 2.63 bits per heavy atom. The zero-order chi connectivity index (χ0) is 13.4. The van der Waals surface area contributed by atoms with E-state index in [2.05, 4.69) is 20.2 Å². The number of H-pyrrole nitrogens is 2. The van der Waals surface area contributed by atoms with Crippen LogP contribution in [0, 0.1) is 5.82 Å². The number of nitrogens with one attached hydrogen (secondary N) is 2. The van der Waals surface area contributed by atoms with E-state index in [4.69, 9.17) is 0 Å². The molecule has 0 spiro atoms. The summed E-state index contributed by atoms with van der Waals surface area (Å²) in [6, 6.07) is 5.81. The van der Waals surface area contributed by atoms with Gasteiger partial charge in [-0.3, -0.25) is 9.89 Å². The predicted molar refractivity (Wildman–Crippen MR) is 69.3 cm³/mol. The lowest BCUT2D eigenvalue weighted by Crippen LogP contribution is -2.09. The average Bonchev–Trinajstić information content (AvgIpc) is 2.83. The lowest BCUT2D eigenvalue weighted by molar-refractivity contribution is 0.628. The minimum atomic E-state index is -0.329. The smallest absolute Gasteiger partial charge is 0.279 e. The molecule has 0 saturated heterocycles. The van der Waals surface area contributed by atoms with Crippen molar-refractivity contribution in [3.8, 4) is 11.4 Å². The van der Waals surface area contributed by atoms with E-state index in [1.807, 2.05) is 6.92 Å². The van der Waals surface area contributed by atoms with Gasteiger partial charge in [0.25, 0.3) is 5.56 Å². The molecule has 2 heterocycles. The molecule has 96 valence electrons. The van der Waals surface area contributed by atoms with E-state index in [0.29, 0.717) is 28.8 Å². The molecular weight excluding hydrogens is 247 g/mol. The molecule has 0 aliphatic rings. The number of hydrogen-bond acceptors (Lipinski definition) is 3. The largest absolute Gasteiger partial charge is 0.305 e. The Balaban J connectivity index is 2.24.